The van der Waals surface area contributed by atoms with Crippen molar-refractivity contribution in [3.63, 3.8) is 0 Å². The second-order valence-corrected chi connectivity index (χ2v) is 6.22. The zero-order chi connectivity index (χ0) is 15.0. The molecule has 114 valence electrons. The van der Waals surface area contributed by atoms with Gasteiger partial charge in [0, 0.05) is 24.8 Å². The van der Waals surface area contributed by atoms with Gasteiger partial charge in [-0.2, -0.15) is 4.98 Å². The van der Waals surface area contributed by atoms with Gasteiger partial charge in [0.25, 0.3) is 0 Å². The maximum atomic E-state index is 4.49. The highest BCUT2D eigenvalue weighted by Crippen LogP contribution is 2.24. The first kappa shape index (κ1) is 16.7. The Kier molecular flexibility index (Phi) is 6.76. The van der Waals surface area contributed by atoms with Crippen molar-refractivity contribution in [2.45, 2.75) is 60.3 Å². The third-order valence-corrected chi connectivity index (χ3v) is 3.39. The highest BCUT2D eigenvalue weighted by Gasteiger charge is 2.17. The van der Waals surface area contributed by atoms with Crippen LogP contribution in [0.25, 0.3) is 0 Å². The maximum absolute atomic E-state index is 4.49. The monoisotopic (exact) mass is 278 g/mol. The molecule has 0 bridgehead atoms. The Labute approximate surface area is 123 Å². The lowest BCUT2D eigenvalue weighted by molar-refractivity contribution is 0.342. The highest BCUT2D eigenvalue weighted by atomic mass is 15.1. The Balaban J connectivity index is 2.55. The van der Waals surface area contributed by atoms with Crippen molar-refractivity contribution in [1.29, 1.82) is 0 Å². The van der Waals surface area contributed by atoms with Gasteiger partial charge < -0.3 is 10.6 Å². The van der Waals surface area contributed by atoms with Crippen LogP contribution in [-0.4, -0.2) is 23.1 Å². The van der Waals surface area contributed by atoms with Crippen molar-refractivity contribution in [3.05, 3.63) is 11.8 Å². The SMILES string of the molecule is CCCCCC(C)(C)CNc1cc(C)nc(NCC)n1. The number of rotatable bonds is 9. The third-order valence-electron chi connectivity index (χ3n) is 3.39. The summed E-state index contributed by atoms with van der Waals surface area (Å²) < 4.78 is 0. The molecule has 0 saturated carbocycles. The van der Waals surface area contributed by atoms with E-state index in [2.05, 4.69) is 48.3 Å². The van der Waals surface area contributed by atoms with Crippen LogP contribution in [0.5, 0.6) is 0 Å². The number of hydrogen-bond acceptors (Lipinski definition) is 4. The summed E-state index contributed by atoms with van der Waals surface area (Å²) in [5.41, 5.74) is 1.29. The number of unbranched alkanes of at least 4 members (excludes halogenated alkanes) is 2. The average molecular weight is 278 g/mol. The predicted octanol–water partition coefficient (Wildman–Crippen LogP) is 4.24. The Morgan fingerprint density at radius 2 is 1.85 bits per heavy atom. The Hall–Kier alpha value is -1.32. The van der Waals surface area contributed by atoms with E-state index in [1.165, 1.54) is 25.7 Å². The van der Waals surface area contributed by atoms with Crippen LogP contribution in [0.15, 0.2) is 6.07 Å². The van der Waals surface area contributed by atoms with E-state index in [1.807, 2.05) is 13.0 Å². The van der Waals surface area contributed by atoms with Crippen LogP contribution in [0.2, 0.25) is 0 Å². The smallest absolute Gasteiger partial charge is 0.224 e. The van der Waals surface area contributed by atoms with Gasteiger partial charge in [0.1, 0.15) is 5.82 Å². The van der Waals surface area contributed by atoms with Gasteiger partial charge in [0.2, 0.25) is 5.95 Å². The average Bonchev–Trinajstić information content (AvgIpc) is 2.37. The van der Waals surface area contributed by atoms with Gasteiger partial charge in [-0.05, 0) is 25.7 Å². The highest BCUT2D eigenvalue weighted by molar-refractivity contribution is 5.42. The minimum atomic E-state index is 0.298. The molecule has 0 unspecified atom stereocenters. The molecule has 4 nitrogen and oxygen atoms in total. The number of aryl methyl sites for hydroxylation is 1. The van der Waals surface area contributed by atoms with Gasteiger partial charge in [-0.1, -0.05) is 40.0 Å². The number of anilines is 2. The molecule has 0 spiro atoms. The fraction of sp³-hybridized carbons (Fsp3) is 0.750. The van der Waals surface area contributed by atoms with Crippen molar-refractivity contribution in [3.8, 4) is 0 Å². The largest absolute Gasteiger partial charge is 0.369 e. The molecule has 0 fully saturated rings. The first-order valence-electron chi connectivity index (χ1n) is 7.80. The van der Waals surface area contributed by atoms with Gasteiger partial charge in [0.05, 0.1) is 0 Å². The topological polar surface area (TPSA) is 49.8 Å². The molecular weight excluding hydrogens is 248 g/mol. The maximum Gasteiger partial charge on any atom is 0.224 e. The van der Waals surface area contributed by atoms with E-state index in [4.69, 9.17) is 0 Å². The van der Waals surface area contributed by atoms with Crippen LogP contribution in [0.3, 0.4) is 0 Å². The van der Waals surface area contributed by atoms with Crippen LogP contribution < -0.4 is 10.6 Å². The first-order chi connectivity index (χ1) is 9.46. The molecule has 1 aromatic rings. The number of hydrogen-bond donors (Lipinski definition) is 2. The molecule has 0 radical (unpaired) electrons. The minimum absolute atomic E-state index is 0.298. The third kappa shape index (κ3) is 6.22. The summed E-state index contributed by atoms with van der Waals surface area (Å²) in [5.74, 6) is 1.62. The molecule has 0 amide bonds. The zero-order valence-corrected chi connectivity index (χ0v) is 13.7. The summed E-state index contributed by atoms with van der Waals surface area (Å²) in [7, 11) is 0. The Bertz CT molecular complexity index is 401. The van der Waals surface area contributed by atoms with Crippen LogP contribution >= 0.6 is 0 Å². The number of nitrogens with zero attached hydrogens (tertiary/aromatic N) is 2. The summed E-state index contributed by atoms with van der Waals surface area (Å²) in [4.78, 5) is 8.86. The van der Waals surface area contributed by atoms with E-state index < -0.39 is 0 Å². The van der Waals surface area contributed by atoms with Gasteiger partial charge in [-0.15, -0.1) is 0 Å². The normalized spacial score (nSPS) is 11.4. The second-order valence-electron chi connectivity index (χ2n) is 6.22. The zero-order valence-electron chi connectivity index (χ0n) is 13.7. The fourth-order valence-electron chi connectivity index (χ4n) is 2.17. The molecule has 1 heterocycles. The summed E-state index contributed by atoms with van der Waals surface area (Å²) in [5, 5.41) is 6.63. The molecule has 4 heteroatoms. The lowest BCUT2D eigenvalue weighted by Crippen LogP contribution is -2.23. The van der Waals surface area contributed by atoms with Gasteiger partial charge in [-0.25, -0.2) is 4.98 Å². The summed E-state index contributed by atoms with van der Waals surface area (Å²) >= 11 is 0. The molecule has 0 atom stereocenters. The van der Waals surface area contributed by atoms with E-state index in [9.17, 15) is 0 Å². The minimum Gasteiger partial charge on any atom is -0.369 e. The van der Waals surface area contributed by atoms with E-state index in [1.54, 1.807) is 0 Å². The van der Waals surface area contributed by atoms with E-state index in [0.29, 0.717) is 11.4 Å². The molecule has 0 aromatic carbocycles. The molecule has 0 aliphatic heterocycles. The standard InChI is InChI=1S/C16H30N4/c1-6-8-9-10-16(4,5)12-18-14-11-13(3)19-15(20-14)17-7-2/h11H,6-10,12H2,1-5H3,(H2,17,18,19,20). The fourth-order valence-corrected chi connectivity index (χ4v) is 2.17. The van der Waals surface area contributed by atoms with Crippen LogP contribution in [0, 0.1) is 12.3 Å². The lowest BCUT2D eigenvalue weighted by Gasteiger charge is -2.25. The van der Waals surface area contributed by atoms with Crippen molar-refractivity contribution < 1.29 is 0 Å². The Morgan fingerprint density at radius 3 is 2.50 bits per heavy atom. The van der Waals surface area contributed by atoms with Crippen LogP contribution in [0.1, 0.15) is 59.1 Å². The first-order valence-corrected chi connectivity index (χ1v) is 7.80. The number of nitrogens with one attached hydrogen (secondary N) is 2. The van der Waals surface area contributed by atoms with Gasteiger partial charge in [-0.3, -0.25) is 0 Å². The summed E-state index contributed by atoms with van der Waals surface area (Å²) in [6, 6.07) is 2.00. The molecule has 20 heavy (non-hydrogen) atoms. The molecule has 1 rings (SSSR count). The number of aromatic nitrogens is 2. The second kappa shape index (κ2) is 8.08. The van der Waals surface area contributed by atoms with Crippen molar-refractivity contribution in [1.82, 2.24) is 9.97 Å². The summed E-state index contributed by atoms with van der Waals surface area (Å²) in [6.07, 6.45) is 5.15. The van der Waals surface area contributed by atoms with Crippen molar-refractivity contribution in [2.75, 3.05) is 23.7 Å². The molecule has 2 N–H and O–H groups in total. The quantitative estimate of drug-likeness (QED) is 0.663. The van der Waals surface area contributed by atoms with Gasteiger partial charge >= 0.3 is 0 Å². The van der Waals surface area contributed by atoms with Gasteiger partial charge in [0.15, 0.2) is 0 Å². The molecular formula is C16H30N4. The predicted molar refractivity (Wildman–Crippen MR) is 87.3 cm³/mol. The van der Waals surface area contributed by atoms with E-state index >= 15 is 0 Å². The lowest BCUT2D eigenvalue weighted by atomic mass is 9.87. The molecule has 0 aliphatic rings. The van der Waals surface area contributed by atoms with Crippen molar-refractivity contribution in [2.24, 2.45) is 5.41 Å². The summed E-state index contributed by atoms with van der Waals surface area (Å²) in [6.45, 7) is 12.7. The van der Waals surface area contributed by atoms with Crippen LogP contribution in [-0.2, 0) is 0 Å². The molecule has 0 aliphatic carbocycles. The molecule has 1 aromatic heterocycles. The van der Waals surface area contributed by atoms with E-state index in [-0.39, 0.29) is 0 Å². The molecule has 0 saturated heterocycles. The van der Waals surface area contributed by atoms with Crippen LogP contribution in [0.4, 0.5) is 11.8 Å². The Morgan fingerprint density at radius 1 is 1.10 bits per heavy atom. The van der Waals surface area contributed by atoms with E-state index in [0.717, 1.165) is 24.6 Å². The van der Waals surface area contributed by atoms with Crippen molar-refractivity contribution >= 4 is 11.8 Å².